The molecule has 0 saturated carbocycles. The van der Waals surface area contributed by atoms with Gasteiger partial charge in [-0.15, -0.1) is 6.58 Å². The van der Waals surface area contributed by atoms with Crippen LogP contribution in [0.5, 0.6) is 0 Å². The highest BCUT2D eigenvalue weighted by Crippen LogP contribution is 2.10. The molecule has 18 heavy (non-hydrogen) atoms. The van der Waals surface area contributed by atoms with Crippen LogP contribution in [-0.2, 0) is 9.53 Å². The van der Waals surface area contributed by atoms with Crippen LogP contribution in [0.3, 0.4) is 0 Å². The minimum absolute atomic E-state index is 0.0544. The molecule has 0 aromatic carbocycles. The van der Waals surface area contributed by atoms with Gasteiger partial charge >= 0.3 is 0 Å². The van der Waals surface area contributed by atoms with Crippen molar-refractivity contribution >= 4 is 5.91 Å². The van der Waals surface area contributed by atoms with Crippen LogP contribution in [0.1, 0.15) is 32.1 Å². The number of rotatable bonds is 8. The van der Waals surface area contributed by atoms with Crippen LogP contribution in [-0.4, -0.2) is 25.2 Å². The van der Waals surface area contributed by atoms with Gasteiger partial charge < -0.3 is 10.1 Å². The Hall–Kier alpha value is -1.35. The Kier molecular flexibility index (Phi) is 7.89. The average molecular weight is 249 g/mol. The van der Waals surface area contributed by atoms with Gasteiger partial charge in [-0.05, 0) is 32.1 Å². The highest BCUT2D eigenvalue weighted by molar-refractivity contribution is 5.87. The second-order valence-corrected chi connectivity index (χ2v) is 4.39. The smallest absolute Gasteiger partial charge is 0.244 e. The number of unbranched alkanes of at least 4 members (excludes halogenated alkanes) is 2. The molecule has 0 aromatic rings. The molecular formula is C15H23NO2. The fourth-order valence-corrected chi connectivity index (χ4v) is 1.78. The average Bonchev–Trinajstić information content (AvgIpc) is 2.88. The van der Waals surface area contributed by atoms with Crippen molar-refractivity contribution in [3.8, 4) is 0 Å². The Balaban J connectivity index is 2.05. The van der Waals surface area contributed by atoms with E-state index < -0.39 is 0 Å². The number of nitrogens with one attached hydrogen (secondary N) is 1. The van der Waals surface area contributed by atoms with Gasteiger partial charge in [0, 0.05) is 19.2 Å². The zero-order chi connectivity index (χ0) is 13.1. The van der Waals surface area contributed by atoms with Gasteiger partial charge in [-0.25, -0.2) is 0 Å². The van der Waals surface area contributed by atoms with Gasteiger partial charge in [-0.3, -0.25) is 4.79 Å². The molecule has 3 nitrogen and oxygen atoms in total. The molecule has 1 aliphatic rings. The first kappa shape index (κ1) is 14.7. The summed E-state index contributed by atoms with van der Waals surface area (Å²) in [6.07, 6.45) is 14.7. The molecular weight excluding hydrogens is 226 g/mol. The first-order valence-corrected chi connectivity index (χ1v) is 6.66. The number of allylic oxidation sites excluding steroid dienone is 4. The molecule has 1 aliphatic heterocycles. The lowest BCUT2D eigenvalue weighted by Crippen LogP contribution is -2.30. The van der Waals surface area contributed by atoms with E-state index in [0.717, 1.165) is 38.7 Å². The molecule has 1 unspecified atom stereocenters. The van der Waals surface area contributed by atoms with E-state index in [-0.39, 0.29) is 12.0 Å². The molecule has 1 saturated heterocycles. The van der Waals surface area contributed by atoms with Crippen LogP contribution >= 0.6 is 0 Å². The second kappa shape index (κ2) is 9.66. The zero-order valence-corrected chi connectivity index (χ0v) is 10.9. The highest BCUT2D eigenvalue weighted by atomic mass is 16.5. The molecule has 1 atom stereocenters. The predicted molar refractivity (Wildman–Crippen MR) is 74.3 cm³/mol. The molecule has 1 rings (SSSR count). The first-order chi connectivity index (χ1) is 8.83. The molecule has 0 spiro atoms. The number of carbonyl (C=O) groups is 1. The van der Waals surface area contributed by atoms with Crippen molar-refractivity contribution in [2.24, 2.45) is 0 Å². The molecule has 0 aromatic heterocycles. The molecule has 100 valence electrons. The molecule has 0 bridgehead atoms. The minimum Gasteiger partial charge on any atom is -0.376 e. The normalized spacial score (nSPS) is 19.7. The molecule has 1 N–H and O–H groups in total. The van der Waals surface area contributed by atoms with E-state index in [1.807, 2.05) is 12.2 Å². The largest absolute Gasteiger partial charge is 0.376 e. The van der Waals surface area contributed by atoms with Gasteiger partial charge in [0.15, 0.2) is 0 Å². The Morgan fingerprint density at radius 2 is 2.28 bits per heavy atom. The second-order valence-electron chi connectivity index (χ2n) is 4.39. The van der Waals surface area contributed by atoms with E-state index in [1.54, 1.807) is 12.2 Å². The van der Waals surface area contributed by atoms with Crippen LogP contribution in [0.25, 0.3) is 0 Å². The topological polar surface area (TPSA) is 38.3 Å². The number of hydrogen-bond donors (Lipinski definition) is 1. The first-order valence-electron chi connectivity index (χ1n) is 6.66. The van der Waals surface area contributed by atoms with Gasteiger partial charge in [0.05, 0.1) is 6.10 Å². The number of hydrogen-bond acceptors (Lipinski definition) is 2. The number of carbonyl (C=O) groups excluding carboxylic acids is 1. The van der Waals surface area contributed by atoms with Crippen molar-refractivity contribution in [1.29, 1.82) is 0 Å². The Bertz CT molecular complexity index is 302. The third-order valence-electron chi connectivity index (χ3n) is 2.80. The van der Waals surface area contributed by atoms with Crippen molar-refractivity contribution in [3.05, 3.63) is 37.0 Å². The van der Waals surface area contributed by atoms with E-state index in [0.29, 0.717) is 6.54 Å². The lowest BCUT2D eigenvalue weighted by molar-refractivity contribution is -0.117. The zero-order valence-electron chi connectivity index (χ0n) is 10.9. The Morgan fingerprint density at radius 3 is 3.00 bits per heavy atom. The van der Waals surface area contributed by atoms with Crippen molar-refractivity contribution in [1.82, 2.24) is 5.32 Å². The number of ether oxygens (including phenoxy) is 1. The maximum atomic E-state index is 11.4. The Labute approximate surface area is 110 Å². The van der Waals surface area contributed by atoms with Crippen LogP contribution in [0.4, 0.5) is 0 Å². The maximum absolute atomic E-state index is 11.4. The van der Waals surface area contributed by atoms with E-state index in [9.17, 15) is 4.79 Å². The highest BCUT2D eigenvalue weighted by Gasteiger charge is 2.15. The van der Waals surface area contributed by atoms with Gasteiger partial charge in [0.2, 0.25) is 5.91 Å². The molecule has 1 fully saturated rings. The van der Waals surface area contributed by atoms with Gasteiger partial charge in [-0.1, -0.05) is 24.3 Å². The molecule has 1 amide bonds. The summed E-state index contributed by atoms with van der Waals surface area (Å²) in [7, 11) is 0. The lowest BCUT2D eigenvalue weighted by Gasteiger charge is -2.08. The van der Waals surface area contributed by atoms with Crippen LogP contribution in [0.2, 0.25) is 0 Å². The van der Waals surface area contributed by atoms with Crippen molar-refractivity contribution in [2.75, 3.05) is 13.2 Å². The summed E-state index contributed by atoms with van der Waals surface area (Å²) in [4.78, 5) is 11.4. The summed E-state index contributed by atoms with van der Waals surface area (Å²) < 4.78 is 5.42. The van der Waals surface area contributed by atoms with E-state index in [4.69, 9.17) is 4.74 Å². The summed E-state index contributed by atoms with van der Waals surface area (Å²) in [5.41, 5.74) is 0. The van der Waals surface area contributed by atoms with Gasteiger partial charge in [-0.2, -0.15) is 0 Å². The molecule has 0 aliphatic carbocycles. The minimum atomic E-state index is -0.0544. The van der Waals surface area contributed by atoms with E-state index >= 15 is 0 Å². The van der Waals surface area contributed by atoms with Gasteiger partial charge in [0.25, 0.3) is 0 Å². The standard InChI is InChI=1S/C15H23NO2/c1-2-3-4-5-6-7-8-11-15(17)16-13-14-10-9-12-18-14/h2,6-8,11,14H,1,3-5,9-10,12-13H2,(H,16,17)/b7-6+,11-8+. The van der Waals surface area contributed by atoms with Crippen molar-refractivity contribution in [3.63, 3.8) is 0 Å². The summed E-state index contributed by atoms with van der Waals surface area (Å²) >= 11 is 0. The summed E-state index contributed by atoms with van der Waals surface area (Å²) in [6, 6.07) is 0. The summed E-state index contributed by atoms with van der Waals surface area (Å²) in [6.45, 7) is 5.11. The fourth-order valence-electron chi connectivity index (χ4n) is 1.78. The van der Waals surface area contributed by atoms with Crippen molar-refractivity contribution in [2.45, 2.75) is 38.2 Å². The summed E-state index contributed by atoms with van der Waals surface area (Å²) in [5, 5.41) is 2.84. The Morgan fingerprint density at radius 1 is 1.39 bits per heavy atom. The third-order valence-corrected chi connectivity index (χ3v) is 2.80. The molecule has 1 heterocycles. The predicted octanol–water partition coefficient (Wildman–Crippen LogP) is 2.75. The summed E-state index contributed by atoms with van der Waals surface area (Å²) in [5.74, 6) is -0.0544. The number of amides is 1. The van der Waals surface area contributed by atoms with Crippen LogP contribution in [0, 0.1) is 0 Å². The maximum Gasteiger partial charge on any atom is 0.244 e. The van der Waals surface area contributed by atoms with Gasteiger partial charge in [0.1, 0.15) is 0 Å². The quantitative estimate of drug-likeness (QED) is 0.311. The molecule has 0 radical (unpaired) electrons. The molecule has 3 heteroatoms. The van der Waals surface area contributed by atoms with Crippen LogP contribution < -0.4 is 5.32 Å². The lowest BCUT2D eigenvalue weighted by atomic mass is 10.2. The van der Waals surface area contributed by atoms with Crippen molar-refractivity contribution < 1.29 is 9.53 Å². The fraction of sp³-hybridized carbons (Fsp3) is 0.533. The SMILES string of the molecule is C=CCCC/C=C/C=C/C(=O)NCC1CCCO1. The third kappa shape index (κ3) is 7.07. The van der Waals surface area contributed by atoms with E-state index in [2.05, 4.69) is 18.0 Å². The van der Waals surface area contributed by atoms with Crippen LogP contribution in [0.15, 0.2) is 37.0 Å². The monoisotopic (exact) mass is 249 g/mol. The van der Waals surface area contributed by atoms with E-state index in [1.165, 1.54) is 0 Å².